The molecule has 0 aliphatic heterocycles. The minimum atomic E-state index is -1.06. The maximum absolute atomic E-state index is 13.3. The summed E-state index contributed by atoms with van der Waals surface area (Å²) in [6.07, 6.45) is 2.57. The largest absolute Gasteiger partial charge is 0.481 e. The van der Waals surface area contributed by atoms with Crippen LogP contribution in [-0.2, 0) is 13.0 Å². The Balaban J connectivity index is 1.73. The van der Waals surface area contributed by atoms with E-state index < -0.39 is 10.9 Å². The summed E-state index contributed by atoms with van der Waals surface area (Å²) in [6, 6.07) is 15.6. The summed E-state index contributed by atoms with van der Waals surface area (Å²) >= 11 is 3.37. The molecule has 37 heavy (non-hydrogen) atoms. The Morgan fingerprint density at radius 2 is 1.97 bits per heavy atom. The van der Waals surface area contributed by atoms with Crippen molar-refractivity contribution >= 4 is 44.7 Å². The van der Waals surface area contributed by atoms with Crippen molar-refractivity contribution < 1.29 is 19.6 Å². The van der Waals surface area contributed by atoms with E-state index in [-0.39, 0.29) is 29.2 Å². The smallest absolute Gasteiger partial charge is 0.335 e. The topological polar surface area (TPSA) is 137 Å². The minimum absolute atomic E-state index is 0.0276. The van der Waals surface area contributed by atoms with Gasteiger partial charge in [-0.1, -0.05) is 41.1 Å². The monoisotopic (exact) mass is 564 g/mol. The van der Waals surface area contributed by atoms with Gasteiger partial charge in [-0.15, -0.1) is 0 Å². The number of para-hydroxylation sites is 1. The Morgan fingerprint density at radius 3 is 2.65 bits per heavy atom. The van der Waals surface area contributed by atoms with Crippen LogP contribution < -0.4 is 10.3 Å². The molecule has 4 aromatic rings. The number of benzene rings is 3. The van der Waals surface area contributed by atoms with Crippen molar-refractivity contribution in [3.63, 3.8) is 0 Å². The van der Waals surface area contributed by atoms with E-state index in [1.165, 1.54) is 35.2 Å². The summed E-state index contributed by atoms with van der Waals surface area (Å²) in [5, 5.41) is 25.5. The number of rotatable bonds is 9. The predicted molar refractivity (Wildman–Crippen MR) is 142 cm³/mol. The lowest BCUT2D eigenvalue weighted by molar-refractivity contribution is -0.385. The average Bonchev–Trinajstić information content (AvgIpc) is 2.88. The highest BCUT2D eigenvalue weighted by molar-refractivity contribution is 9.10. The highest BCUT2D eigenvalue weighted by Crippen LogP contribution is 2.31. The van der Waals surface area contributed by atoms with E-state index in [4.69, 9.17) is 9.84 Å². The van der Waals surface area contributed by atoms with Crippen LogP contribution in [0, 0.1) is 10.1 Å². The number of nitrogens with zero attached hydrogens (tertiary/aromatic N) is 4. The number of nitro benzene ring substituents is 1. The number of nitro groups is 1. The third kappa shape index (κ3) is 5.72. The molecular weight excluding hydrogens is 544 g/mol. The van der Waals surface area contributed by atoms with Crippen molar-refractivity contribution in [2.75, 3.05) is 0 Å². The summed E-state index contributed by atoms with van der Waals surface area (Å²) in [6.45, 7) is 1.92. The zero-order chi connectivity index (χ0) is 26.5. The first-order chi connectivity index (χ1) is 17.8. The fourth-order valence-corrected chi connectivity index (χ4v) is 4.02. The molecule has 0 unspecified atom stereocenters. The zero-order valence-corrected chi connectivity index (χ0v) is 21.2. The fraction of sp³-hybridized carbons (Fsp3) is 0.154. The van der Waals surface area contributed by atoms with Crippen molar-refractivity contribution in [1.82, 2.24) is 9.66 Å². The average molecular weight is 565 g/mol. The molecule has 0 atom stereocenters. The number of carboxylic acids is 1. The molecule has 11 heteroatoms. The van der Waals surface area contributed by atoms with Crippen molar-refractivity contribution in [2.24, 2.45) is 5.10 Å². The minimum Gasteiger partial charge on any atom is -0.481 e. The first-order valence-corrected chi connectivity index (χ1v) is 12.1. The van der Waals surface area contributed by atoms with Gasteiger partial charge in [-0.3, -0.25) is 14.9 Å². The molecule has 0 bridgehead atoms. The Bertz CT molecular complexity index is 1580. The number of hydrogen-bond acceptors (Lipinski definition) is 7. The van der Waals surface area contributed by atoms with E-state index in [0.29, 0.717) is 34.3 Å². The van der Waals surface area contributed by atoms with Gasteiger partial charge in [0.2, 0.25) is 5.75 Å². The summed E-state index contributed by atoms with van der Waals surface area (Å²) < 4.78 is 7.73. The fourth-order valence-electron chi connectivity index (χ4n) is 3.66. The molecule has 0 saturated carbocycles. The van der Waals surface area contributed by atoms with E-state index >= 15 is 0 Å². The maximum atomic E-state index is 13.3. The van der Waals surface area contributed by atoms with Gasteiger partial charge in [0.25, 0.3) is 5.56 Å². The molecule has 0 aliphatic carbocycles. The van der Waals surface area contributed by atoms with Crippen molar-refractivity contribution in [1.29, 1.82) is 0 Å². The number of halogens is 1. The Labute approximate surface area is 219 Å². The van der Waals surface area contributed by atoms with Crippen LogP contribution in [0.25, 0.3) is 10.9 Å². The van der Waals surface area contributed by atoms with Crippen LogP contribution in [0.4, 0.5) is 5.69 Å². The molecule has 0 radical (unpaired) electrons. The third-order valence-corrected chi connectivity index (χ3v) is 5.96. The van der Waals surface area contributed by atoms with Crippen LogP contribution in [0.1, 0.15) is 40.7 Å². The van der Waals surface area contributed by atoms with Crippen LogP contribution in [-0.4, -0.2) is 31.9 Å². The first-order valence-electron chi connectivity index (χ1n) is 11.3. The molecule has 0 fully saturated rings. The van der Waals surface area contributed by atoms with E-state index in [1.807, 2.05) is 6.92 Å². The molecule has 0 aliphatic rings. The van der Waals surface area contributed by atoms with E-state index in [1.54, 1.807) is 36.4 Å². The lowest BCUT2D eigenvalue weighted by Crippen LogP contribution is -2.22. The quantitative estimate of drug-likeness (QED) is 0.168. The summed E-state index contributed by atoms with van der Waals surface area (Å²) in [5.41, 5.74) is 0.949. The number of aromatic carboxylic acids is 1. The second-order valence-corrected chi connectivity index (χ2v) is 8.96. The highest BCUT2D eigenvalue weighted by atomic mass is 79.9. The second kappa shape index (κ2) is 11.1. The lowest BCUT2D eigenvalue weighted by Gasteiger charge is -2.11. The molecule has 0 amide bonds. The molecule has 0 spiro atoms. The number of aryl methyl sites for hydroxylation is 1. The van der Waals surface area contributed by atoms with Gasteiger partial charge in [0.1, 0.15) is 12.4 Å². The summed E-state index contributed by atoms with van der Waals surface area (Å²) in [4.78, 5) is 40.0. The van der Waals surface area contributed by atoms with Gasteiger partial charge in [0, 0.05) is 22.5 Å². The molecule has 1 N–H and O–H groups in total. The first kappa shape index (κ1) is 25.7. The Kier molecular flexibility index (Phi) is 7.73. The SMILES string of the molecule is CCCc1nc2ccc(Br)cc2c(=O)n1N=Cc1cccc([N+](=O)[O-])c1OCc1ccc(C(=O)O)cc1. The van der Waals surface area contributed by atoms with Gasteiger partial charge < -0.3 is 9.84 Å². The third-order valence-electron chi connectivity index (χ3n) is 5.47. The van der Waals surface area contributed by atoms with Gasteiger partial charge in [-0.25, -0.2) is 9.78 Å². The van der Waals surface area contributed by atoms with E-state index in [9.17, 15) is 19.7 Å². The maximum Gasteiger partial charge on any atom is 0.335 e. The van der Waals surface area contributed by atoms with Crippen molar-refractivity contribution in [3.8, 4) is 5.75 Å². The molecule has 1 heterocycles. The molecule has 10 nitrogen and oxygen atoms in total. The van der Waals surface area contributed by atoms with Crippen LogP contribution in [0.3, 0.4) is 0 Å². The normalized spacial score (nSPS) is 11.2. The van der Waals surface area contributed by atoms with Gasteiger partial charge in [-0.2, -0.15) is 9.78 Å². The number of carbonyl (C=O) groups is 1. The molecule has 188 valence electrons. The summed E-state index contributed by atoms with van der Waals surface area (Å²) in [7, 11) is 0. The molecule has 1 aromatic heterocycles. The van der Waals surface area contributed by atoms with E-state index in [2.05, 4.69) is 26.0 Å². The Hall–Kier alpha value is -4.38. The van der Waals surface area contributed by atoms with Crippen LogP contribution >= 0.6 is 15.9 Å². The predicted octanol–water partition coefficient (Wildman–Crippen LogP) is 5.18. The van der Waals surface area contributed by atoms with Gasteiger partial charge in [0.15, 0.2) is 0 Å². The number of fused-ring (bicyclic) bond motifs is 1. The molecule has 0 saturated heterocycles. The highest BCUT2D eigenvalue weighted by Gasteiger charge is 2.19. The Morgan fingerprint density at radius 1 is 1.22 bits per heavy atom. The van der Waals surface area contributed by atoms with E-state index in [0.717, 1.165) is 10.9 Å². The zero-order valence-electron chi connectivity index (χ0n) is 19.6. The van der Waals surface area contributed by atoms with Crippen LogP contribution in [0.15, 0.2) is 75.0 Å². The van der Waals surface area contributed by atoms with Crippen molar-refractivity contribution in [3.05, 3.63) is 108 Å². The van der Waals surface area contributed by atoms with Gasteiger partial charge in [0.05, 0.1) is 27.6 Å². The summed E-state index contributed by atoms with van der Waals surface area (Å²) in [5.74, 6) is -0.622. The second-order valence-electron chi connectivity index (χ2n) is 8.04. The van der Waals surface area contributed by atoms with Gasteiger partial charge in [-0.05, 0) is 48.4 Å². The van der Waals surface area contributed by atoms with Crippen molar-refractivity contribution in [2.45, 2.75) is 26.4 Å². The lowest BCUT2D eigenvalue weighted by atomic mass is 10.1. The molecule has 3 aromatic carbocycles. The van der Waals surface area contributed by atoms with Gasteiger partial charge >= 0.3 is 11.7 Å². The van der Waals surface area contributed by atoms with Crippen LogP contribution in [0.2, 0.25) is 0 Å². The molecular formula is C26H21BrN4O6. The number of carboxylic acid groups (broad SMARTS) is 1. The number of ether oxygens (including phenoxy) is 1. The molecule has 4 rings (SSSR count). The number of hydrogen-bond donors (Lipinski definition) is 1. The standard InChI is InChI=1S/C26H21BrN4O6/c1-2-4-23-29-21-12-11-19(27)13-20(21)25(32)30(23)28-14-18-5-3-6-22(31(35)36)24(18)37-15-16-7-9-17(10-8-16)26(33)34/h3,5-14H,2,4,15H2,1H3,(H,33,34). The number of aromatic nitrogens is 2. The van der Waals surface area contributed by atoms with Crippen LogP contribution in [0.5, 0.6) is 5.75 Å².